The predicted molar refractivity (Wildman–Crippen MR) is 60.7 cm³/mol. The zero-order valence-electron chi connectivity index (χ0n) is 9.13. The van der Waals surface area contributed by atoms with Crippen LogP contribution in [0.15, 0.2) is 18.2 Å². The van der Waals surface area contributed by atoms with Gasteiger partial charge in [0.05, 0.1) is 5.56 Å². The average molecular weight is 204 g/mol. The van der Waals surface area contributed by atoms with Gasteiger partial charge in [-0.2, -0.15) is 0 Å². The monoisotopic (exact) mass is 204 g/mol. The summed E-state index contributed by atoms with van der Waals surface area (Å²) in [4.78, 5) is 11.9. The lowest BCUT2D eigenvalue weighted by Gasteiger charge is -2.13. The van der Waals surface area contributed by atoms with E-state index in [9.17, 15) is 4.79 Å². The first-order valence-corrected chi connectivity index (χ1v) is 5.19. The number of nitrogen functional groups attached to an aromatic ring is 1. The van der Waals surface area contributed by atoms with Gasteiger partial charge in [0.1, 0.15) is 0 Å². The topological polar surface area (TPSA) is 55.1 Å². The summed E-state index contributed by atoms with van der Waals surface area (Å²) in [5, 5.41) is 3.00. The molecule has 0 unspecified atom stereocenters. The van der Waals surface area contributed by atoms with E-state index in [1.54, 1.807) is 6.07 Å². The fourth-order valence-corrected chi connectivity index (χ4v) is 1.52. The third kappa shape index (κ3) is 2.12. The number of nitrogens with one attached hydrogen (secondary N) is 1. The molecular weight excluding hydrogens is 188 g/mol. The van der Waals surface area contributed by atoms with E-state index in [-0.39, 0.29) is 11.4 Å². The molecule has 0 bridgehead atoms. The van der Waals surface area contributed by atoms with Crippen molar-refractivity contribution in [1.82, 2.24) is 5.32 Å². The third-order valence-electron chi connectivity index (χ3n) is 2.87. The first-order chi connectivity index (χ1) is 7.00. The lowest BCUT2D eigenvalue weighted by atomic mass is 10.1. The lowest BCUT2D eigenvalue weighted by Crippen LogP contribution is -2.34. The van der Waals surface area contributed by atoms with Gasteiger partial charge >= 0.3 is 0 Å². The molecule has 1 amide bonds. The van der Waals surface area contributed by atoms with E-state index < -0.39 is 0 Å². The Morgan fingerprint density at radius 3 is 2.73 bits per heavy atom. The van der Waals surface area contributed by atoms with Crippen molar-refractivity contribution in [2.45, 2.75) is 32.2 Å². The van der Waals surface area contributed by atoms with Gasteiger partial charge < -0.3 is 11.1 Å². The third-order valence-corrected chi connectivity index (χ3v) is 2.87. The number of aryl methyl sites for hydroxylation is 1. The Morgan fingerprint density at radius 2 is 2.13 bits per heavy atom. The number of benzene rings is 1. The highest BCUT2D eigenvalue weighted by Crippen LogP contribution is 2.34. The Morgan fingerprint density at radius 1 is 1.47 bits per heavy atom. The van der Waals surface area contributed by atoms with Crippen LogP contribution in [-0.2, 0) is 0 Å². The van der Waals surface area contributed by atoms with E-state index in [1.165, 1.54) is 0 Å². The van der Waals surface area contributed by atoms with Crippen LogP contribution in [0.4, 0.5) is 5.69 Å². The van der Waals surface area contributed by atoms with Gasteiger partial charge in [0.15, 0.2) is 0 Å². The van der Waals surface area contributed by atoms with Crippen molar-refractivity contribution in [3.05, 3.63) is 29.3 Å². The SMILES string of the molecule is Cc1ccc(N)c(C(=O)NC2(C)CC2)c1. The highest BCUT2D eigenvalue weighted by Gasteiger charge is 2.39. The molecule has 1 aromatic rings. The molecule has 80 valence electrons. The quantitative estimate of drug-likeness (QED) is 0.722. The molecule has 3 heteroatoms. The lowest BCUT2D eigenvalue weighted by molar-refractivity contribution is 0.0936. The number of rotatable bonds is 2. The van der Waals surface area contributed by atoms with E-state index in [0.29, 0.717) is 11.3 Å². The summed E-state index contributed by atoms with van der Waals surface area (Å²) >= 11 is 0. The van der Waals surface area contributed by atoms with E-state index in [1.807, 2.05) is 19.1 Å². The van der Waals surface area contributed by atoms with Crippen molar-refractivity contribution in [2.24, 2.45) is 0 Å². The molecule has 0 aromatic heterocycles. The van der Waals surface area contributed by atoms with Crippen LogP contribution in [0.5, 0.6) is 0 Å². The van der Waals surface area contributed by atoms with Gasteiger partial charge in [-0.15, -0.1) is 0 Å². The summed E-state index contributed by atoms with van der Waals surface area (Å²) in [5.74, 6) is -0.0591. The second-order valence-corrected chi connectivity index (χ2v) is 4.61. The molecule has 1 saturated carbocycles. The number of anilines is 1. The molecule has 3 nitrogen and oxygen atoms in total. The maximum absolute atomic E-state index is 11.9. The molecule has 1 fully saturated rings. The number of hydrogen-bond acceptors (Lipinski definition) is 2. The number of hydrogen-bond donors (Lipinski definition) is 2. The second kappa shape index (κ2) is 3.26. The van der Waals surface area contributed by atoms with Crippen LogP contribution in [0.25, 0.3) is 0 Å². The number of amides is 1. The molecule has 1 aliphatic carbocycles. The fourth-order valence-electron chi connectivity index (χ4n) is 1.52. The molecule has 0 spiro atoms. The molecule has 15 heavy (non-hydrogen) atoms. The minimum absolute atomic E-state index is 0.00721. The summed E-state index contributed by atoms with van der Waals surface area (Å²) in [6.45, 7) is 4.01. The smallest absolute Gasteiger partial charge is 0.253 e. The van der Waals surface area contributed by atoms with Crippen LogP contribution in [0.2, 0.25) is 0 Å². The summed E-state index contributed by atoms with van der Waals surface area (Å²) in [6.07, 6.45) is 2.12. The maximum Gasteiger partial charge on any atom is 0.253 e. The van der Waals surface area contributed by atoms with Crippen LogP contribution in [0.1, 0.15) is 35.7 Å². The Balaban J connectivity index is 2.21. The fraction of sp³-hybridized carbons (Fsp3) is 0.417. The van der Waals surface area contributed by atoms with Gasteiger partial charge in [0, 0.05) is 11.2 Å². The summed E-state index contributed by atoms with van der Waals surface area (Å²) in [5.41, 5.74) is 7.96. The molecule has 1 aromatic carbocycles. The normalized spacial score (nSPS) is 17.2. The van der Waals surface area contributed by atoms with Crippen LogP contribution in [0, 0.1) is 6.92 Å². The number of carbonyl (C=O) groups excluding carboxylic acids is 1. The molecule has 0 aliphatic heterocycles. The van der Waals surface area contributed by atoms with Crippen LogP contribution in [0.3, 0.4) is 0 Å². The molecule has 2 rings (SSSR count). The molecule has 0 heterocycles. The Bertz CT molecular complexity index is 408. The number of nitrogens with two attached hydrogens (primary N) is 1. The average Bonchev–Trinajstić information content (AvgIpc) is 2.87. The molecule has 0 radical (unpaired) electrons. The van der Waals surface area contributed by atoms with Crippen LogP contribution in [-0.4, -0.2) is 11.4 Å². The Kier molecular flexibility index (Phi) is 2.18. The Labute approximate surface area is 89.7 Å². The molecule has 1 aliphatic rings. The van der Waals surface area contributed by atoms with Crippen molar-refractivity contribution in [3.8, 4) is 0 Å². The maximum atomic E-state index is 11.9. The first kappa shape index (κ1) is 10.0. The van der Waals surface area contributed by atoms with Gasteiger partial charge in [0.25, 0.3) is 5.91 Å². The highest BCUT2D eigenvalue weighted by molar-refractivity contribution is 5.99. The van der Waals surface area contributed by atoms with Crippen molar-refractivity contribution in [2.75, 3.05) is 5.73 Å². The van der Waals surface area contributed by atoms with Crippen LogP contribution < -0.4 is 11.1 Å². The largest absolute Gasteiger partial charge is 0.398 e. The summed E-state index contributed by atoms with van der Waals surface area (Å²) in [7, 11) is 0. The van der Waals surface area contributed by atoms with Crippen molar-refractivity contribution >= 4 is 11.6 Å². The second-order valence-electron chi connectivity index (χ2n) is 4.61. The van der Waals surface area contributed by atoms with Gasteiger partial charge in [0.2, 0.25) is 0 Å². The molecule has 3 N–H and O–H groups in total. The van der Waals surface area contributed by atoms with Crippen molar-refractivity contribution in [3.63, 3.8) is 0 Å². The van der Waals surface area contributed by atoms with Crippen molar-refractivity contribution < 1.29 is 4.79 Å². The van der Waals surface area contributed by atoms with Crippen molar-refractivity contribution in [1.29, 1.82) is 0 Å². The van der Waals surface area contributed by atoms with Gasteiger partial charge in [-0.05, 0) is 38.8 Å². The molecular formula is C12H16N2O. The van der Waals surface area contributed by atoms with E-state index in [0.717, 1.165) is 18.4 Å². The number of carbonyl (C=O) groups is 1. The first-order valence-electron chi connectivity index (χ1n) is 5.19. The minimum Gasteiger partial charge on any atom is -0.398 e. The predicted octanol–water partition coefficient (Wildman–Crippen LogP) is 1.86. The standard InChI is InChI=1S/C12H16N2O/c1-8-3-4-10(13)9(7-8)11(15)14-12(2)5-6-12/h3-4,7H,5-6,13H2,1-2H3,(H,14,15). The van der Waals surface area contributed by atoms with Gasteiger partial charge in [-0.25, -0.2) is 0 Å². The van der Waals surface area contributed by atoms with Gasteiger partial charge in [-0.3, -0.25) is 4.79 Å². The minimum atomic E-state index is -0.0591. The van der Waals surface area contributed by atoms with Gasteiger partial charge in [-0.1, -0.05) is 11.6 Å². The zero-order chi connectivity index (χ0) is 11.1. The molecule has 0 atom stereocenters. The van der Waals surface area contributed by atoms with E-state index in [2.05, 4.69) is 12.2 Å². The molecule has 0 saturated heterocycles. The zero-order valence-corrected chi connectivity index (χ0v) is 9.13. The Hall–Kier alpha value is -1.51. The highest BCUT2D eigenvalue weighted by atomic mass is 16.1. The summed E-state index contributed by atoms with van der Waals surface area (Å²) in [6, 6.07) is 5.51. The van der Waals surface area contributed by atoms with Crippen LogP contribution >= 0.6 is 0 Å². The summed E-state index contributed by atoms with van der Waals surface area (Å²) < 4.78 is 0. The van der Waals surface area contributed by atoms with E-state index >= 15 is 0 Å². The van der Waals surface area contributed by atoms with E-state index in [4.69, 9.17) is 5.73 Å².